The molecular weight excluding hydrogens is 325 g/mol. The van der Waals surface area contributed by atoms with Gasteiger partial charge in [-0.2, -0.15) is 5.10 Å². The maximum absolute atomic E-state index is 7.56. The van der Waals surface area contributed by atoms with Gasteiger partial charge in [0.1, 0.15) is 0 Å². The van der Waals surface area contributed by atoms with Crippen molar-refractivity contribution < 1.29 is 32.7 Å². The van der Waals surface area contributed by atoms with Crippen LogP contribution in [0.1, 0.15) is 13.8 Å². The summed E-state index contributed by atoms with van der Waals surface area (Å²) in [6.07, 6.45) is 9.10. The first-order chi connectivity index (χ1) is 7.77. The summed E-state index contributed by atoms with van der Waals surface area (Å²) >= 11 is 5.77. The van der Waals surface area contributed by atoms with Crippen LogP contribution in [-0.2, 0) is 32.7 Å². The third-order valence-electron chi connectivity index (χ3n) is 1.70. The quantitative estimate of drug-likeness (QED) is 0.655. The molecule has 2 rings (SSSR count). The number of dihydropyridines is 1. The van der Waals surface area contributed by atoms with Crippen LogP contribution in [0, 0.1) is 18.9 Å². The molecule has 0 saturated carbocycles. The predicted molar refractivity (Wildman–Crippen MR) is 74.4 cm³/mol. The summed E-state index contributed by atoms with van der Waals surface area (Å²) in [7, 11) is 0. The molecule has 4 nitrogen and oxygen atoms in total. The number of nitrogens with one attached hydrogen (secondary N) is 2. The molecule has 0 aromatic carbocycles. The van der Waals surface area contributed by atoms with E-state index >= 15 is 0 Å². The van der Waals surface area contributed by atoms with Crippen LogP contribution >= 0.6 is 11.6 Å². The number of amidine groups is 1. The number of halogens is 1. The molecule has 18 heavy (non-hydrogen) atoms. The standard InChI is InChI=1S/C9H6ClN4.C2H6.CH3.Y/c10-6-4-8(14-13-5-6)7-2-1-3-12-9(7)11;1-2;;/h2-5,11,14H;1-2H3;1H3;/q-1;;-1;/b8-7+,11-9?;;;. The van der Waals surface area contributed by atoms with Crippen LogP contribution in [0.3, 0.4) is 0 Å². The van der Waals surface area contributed by atoms with Gasteiger partial charge in [0.15, 0.2) is 0 Å². The minimum atomic E-state index is 0. The summed E-state index contributed by atoms with van der Waals surface area (Å²) in [5.74, 6) is 0.170. The normalized spacial score (nSPS) is 19.7. The van der Waals surface area contributed by atoms with Gasteiger partial charge in [0.05, 0.1) is 17.1 Å². The molecule has 2 aliphatic rings. The molecule has 0 saturated heterocycles. The van der Waals surface area contributed by atoms with E-state index in [4.69, 9.17) is 17.0 Å². The van der Waals surface area contributed by atoms with Gasteiger partial charge in [-0.1, -0.05) is 31.7 Å². The molecule has 0 unspecified atom stereocenters. The molecule has 0 aromatic rings. The van der Waals surface area contributed by atoms with Gasteiger partial charge in [0, 0.05) is 32.7 Å². The third-order valence-corrected chi connectivity index (χ3v) is 1.90. The average Bonchev–Trinajstić information content (AvgIpc) is 2.32. The number of nitrogens with zero attached hydrogens (tertiary/aromatic N) is 2. The summed E-state index contributed by atoms with van der Waals surface area (Å²) in [4.78, 5) is 3.81. The van der Waals surface area contributed by atoms with Gasteiger partial charge in [-0.25, -0.2) is 12.2 Å². The summed E-state index contributed by atoms with van der Waals surface area (Å²) < 4.78 is 0. The number of allylic oxidation sites excluding steroid dienone is 3. The Bertz CT molecular complexity index is 433. The van der Waals surface area contributed by atoms with Crippen LogP contribution < -0.4 is 5.43 Å². The second kappa shape index (κ2) is 10.4. The van der Waals surface area contributed by atoms with Gasteiger partial charge in [0.2, 0.25) is 0 Å². The Labute approximate surface area is 138 Å². The van der Waals surface area contributed by atoms with Crippen molar-refractivity contribution in [3.8, 4) is 0 Å². The van der Waals surface area contributed by atoms with E-state index in [-0.39, 0.29) is 46.0 Å². The largest absolute Gasteiger partial charge is 0.358 e. The van der Waals surface area contributed by atoms with Crippen molar-refractivity contribution in [1.29, 1.82) is 5.41 Å². The van der Waals surface area contributed by atoms with E-state index in [1.54, 1.807) is 12.2 Å². The topological polar surface area (TPSA) is 60.6 Å². The summed E-state index contributed by atoms with van der Waals surface area (Å²) in [6, 6.07) is 0. The Kier molecular flexibility index (Phi) is 11.4. The fraction of sp³-hybridized carbons (Fsp3) is 0.167. The summed E-state index contributed by atoms with van der Waals surface area (Å²) in [5.41, 5.74) is 4.04. The number of hydrazone groups is 1. The predicted octanol–water partition coefficient (Wildman–Crippen LogP) is 2.85. The zero-order chi connectivity index (χ0) is 12.0. The Morgan fingerprint density at radius 1 is 1.39 bits per heavy atom. The Morgan fingerprint density at radius 3 is 2.61 bits per heavy atom. The van der Waals surface area contributed by atoms with Crippen molar-refractivity contribution in [2.24, 2.45) is 10.1 Å². The van der Waals surface area contributed by atoms with Crippen LogP contribution in [0.5, 0.6) is 0 Å². The van der Waals surface area contributed by atoms with Gasteiger partial charge < -0.3 is 12.8 Å². The van der Waals surface area contributed by atoms with Crippen molar-refractivity contribution in [2.45, 2.75) is 13.8 Å². The Morgan fingerprint density at radius 2 is 2.06 bits per heavy atom. The molecular formula is C12H15ClN4Y-2. The molecule has 2 heterocycles. The van der Waals surface area contributed by atoms with Crippen molar-refractivity contribution in [3.05, 3.63) is 42.0 Å². The van der Waals surface area contributed by atoms with E-state index in [0.29, 0.717) is 16.3 Å². The first-order valence-electron chi connectivity index (χ1n) is 4.88. The van der Waals surface area contributed by atoms with Crippen LogP contribution in [-0.4, -0.2) is 18.3 Å². The smallest absolute Gasteiger partial charge is 0.0694 e. The van der Waals surface area contributed by atoms with E-state index in [0.717, 1.165) is 0 Å². The Balaban J connectivity index is 0. The fourth-order valence-electron chi connectivity index (χ4n) is 1.07. The molecule has 0 atom stereocenters. The van der Waals surface area contributed by atoms with E-state index in [2.05, 4.69) is 21.6 Å². The third kappa shape index (κ3) is 5.38. The molecule has 0 amide bonds. The monoisotopic (exact) mass is 339 g/mol. The molecule has 1 radical (unpaired) electrons. The van der Waals surface area contributed by atoms with Crippen molar-refractivity contribution >= 4 is 29.9 Å². The molecule has 0 fully saturated rings. The van der Waals surface area contributed by atoms with Gasteiger partial charge in [-0.3, -0.25) is 10.4 Å². The number of hydrogen-bond donors (Lipinski definition) is 2. The van der Waals surface area contributed by atoms with Crippen LogP contribution in [0.4, 0.5) is 0 Å². The van der Waals surface area contributed by atoms with E-state index in [1.165, 1.54) is 12.4 Å². The van der Waals surface area contributed by atoms with Crippen LogP contribution in [0.2, 0.25) is 0 Å². The second-order valence-electron chi connectivity index (χ2n) is 2.64. The number of hydrogen-bond acceptors (Lipinski definition) is 3. The number of rotatable bonds is 0. The van der Waals surface area contributed by atoms with Crippen molar-refractivity contribution in [3.63, 3.8) is 0 Å². The molecule has 2 N–H and O–H groups in total. The average molecular weight is 340 g/mol. The first kappa shape index (κ1) is 19.8. The molecule has 0 aromatic heterocycles. The van der Waals surface area contributed by atoms with E-state index < -0.39 is 0 Å². The van der Waals surface area contributed by atoms with E-state index in [9.17, 15) is 0 Å². The molecule has 2 aliphatic heterocycles. The van der Waals surface area contributed by atoms with E-state index in [1.807, 2.05) is 13.8 Å². The molecule has 0 bridgehead atoms. The second-order valence-corrected chi connectivity index (χ2v) is 3.08. The van der Waals surface area contributed by atoms with Gasteiger partial charge >= 0.3 is 0 Å². The zero-order valence-corrected chi connectivity index (χ0v) is 14.3. The van der Waals surface area contributed by atoms with Gasteiger partial charge in [-0.05, 0) is 11.8 Å². The van der Waals surface area contributed by atoms with Gasteiger partial charge in [0.25, 0.3) is 0 Å². The first-order valence-corrected chi connectivity index (χ1v) is 5.26. The fourth-order valence-corrected chi connectivity index (χ4v) is 1.23. The molecule has 6 heteroatoms. The number of aliphatic imine (C=N–C) groups is 1. The maximum atomic E-state index is 7.56. The maximum Gasteiger partial charge on any atom is 0.0694 e. The van der Waals surface area contributed by atoms with Gasteiger partial charge in [-0.15, -0.1) is 5.57 Å². The molecule has 95 valence electrons. The SMILES string of the molecule is CC.N=C1N=C[C-]=C/C1=C1/C=C(Cl)C=NN1.[CH3-].[Y]. The molecule has 0 spiro atoms. The summed E-state index contributed by atoms with van der Waals surface area (Å²) in [6.45, 7) is 4.00. The summed E-state index contributed by atoms with van der Waals surface area (Å²) in [5, 5.41) is 11.9. The van der Waals surface area contributed by atoms with Crippen LogP contribution in [0.15, 0.2) is 38.5 Å². The minimum Gasteiger partial charge on any atom is -0.358 e. The molecule has 0 aliphatic carbocycles. The van der Waals surface area contributed by atoms with Crippen molar-refractivity contribution in [1.82, 2.24) is 5.43 Å². The van der Waals surface area contributed by atoms with Crippen molar-refractivity contribution in [2.75, 3.05) is 0 Å². The zero-order valence-electron chi connectivity index (χ0n) is 10.7. The Hall–Kier alpha value is -0.576. The minimum absolute atomic E-state index is 0. The van der Waals surface area contributed by atoms with Crippen LogP contribution in [0.25, 0.3) is 0 Å².